The van der Waals surface area contributed by atoms with E-state index in [9.17, 15) is 4.79 Å². The van der Waals surface area contributed by atoms with Crippen LogP contribution < -0.4 is 11.1 Å². The molecule has 106 valence electrons. The number of nitrogen functional groups attached to an aromatic ring is 1. The number of aromatic nitrogens is 1. The van der Waals surface area contributed by atoms with Gasteiger partial charge in [0.15, 0.2) is 0 Å². The van der Waals surface area contributed by atoms with E-state index < -0.39 is 0 Å². The maximum absolute atomic E-state index is 12.4. The van der Waals surface area contributed by atoms with Gasteiger partial charge < -0.3 is 11.1 Å². The van der Waals surface area contributed by atoms with Gasteiger partial charge in [-0.3, -0.25) is 9.78 Å². The van der Waals surface area contributed by atoms with Crippen LogP contribution in [0.25, 0.3) is 10.2 Å². The van der Waals surface area contributed by atoms with Crippen molar-refractivity contribution in [2.75, 3.05) is 5.73 Å². The van der Waals surface area contributed by atoms with Gasteiger partial charge in [-0.2, -0.15) is 0 Å². The number of fused-ring (bicyclic) bond motifs is 1. The minimum atomic E-state index is -0.0574. The van der Waals surface area contributed by atoms with E-state index in [1.807, 2.05) is 12.1 Å². The lowest BCUT2D eigenvalue weighted by atomic mass is 10.1. The molecule has 0 radical (unpaired) electrons. The lowest BCUT2D eigenvalue weighted by molar-refractivity contribution is 0.0937. The van der Waals surface area contributed by atoms with Gasteiger partial charge in [-0.05, 0) is 30.9 Å². The largest absolute Gasteiger partial charge is 0.396 e. The number of nitrogens with zero attached hydrogens (tertiary/aromatic N) is 1. The monoisotopic (exact) mass is 289 g/mol. The topological polar surface area (TPSA) is 68.0 Å². The SMILES string of the molecule is CCC(CC1CC1)NC(=O)c1sc2cccnc2c1N. The molecule has 1 saturated carbocycles. The smallest absolute Gasteiger partial charge is 0.263 e. The van der Waals surface area contributed by atoms with Gasteiger partial charge in [-0.25, -0.2) is 0 Å². The molecule has 1 aliphatic rings. The Morgan fingerprint density at radius 2 is 2.40 bits per heavy atom. The molecule has 2 aromatic rings. The molecule has 3 N–H and O–H groups in total. The molecular weight excluding hydrogens is 270 g/mol. The van der Waals surface area contributed by atoms with Gasteiger partial charge in [0.2, 0.25) is 0 Å². The summed E-state index contributed by atoms with van der Waals surface area (Å²) in [5.74, 6) is 0.750. The summed E-state index contributed by atoms with van der Waals surface area (Å²) in [4.78, 5) is 17.2. The van der Waals surface area contributed by atoms with Gasteiger partial charge in [-0.15, -0.1) is 11.3 Å². The van der Waals surface area contributed by atoms with Crippen LogP contribution in [0, 0.1) is 5.92 Å². The molecule has 3 rings (SSSR count). The molecule has 2 heterocycles. The number of hydrogen-bond donors (Lipinski definition) is 2. The fourth-order valence-corrected chi connectivity index (χ4v) is 3.43. The van der Waals surface area contributed by atoms with Crippen molar-refractivity contribution in [3.8, 4) is 0 Å². The quantitative estimate of drug-likeness (QED) is 0.888. The summed E-state index contributed by atoms with van der Waals surface area (Å²) in [7, 11) is 0. The molecule has 0 aromatic carbocycles. The van der Waals surface area contributed by atoms with Crippen molar-refractivity contribution in [2.24, 2.45) is 5.92 Å². The summed E-state index contributed by atoms with van der Waals surface area (Å²) in [5.41, 5.74) is 7.30. The highest BCUT2D eigenvalue weighted by atomic mass is 32.1. The molecule has 1 atom stereocenters. The third-order valence-corrected chi connectivity index (χ3v) is 4.99. The minimum Gasteiger partial charge on any atom is -0.396 e. The molecule has 1 aliphatic carbocycles. The fraction of sp³-hybridized carbons (Fsp3) is 0.467. The Balaban J connectivity index is 1.78. The predicted octanol–water partition coefficient (Wildman–Crippen LogP) is 3.19. The second kappa shape index (κ2) is 5.40. The summed E-state index contributed by atoms with van der Waals surface area (Å²) < 4.78 is 0.963. The normalized spacial score (nSPS) is 16.2. The highest BCUT2D eigenvalue weighted by Gasteiger charge is 2.26. The third-order valence-electron chi connectivity index (χ3n) is 3.83. The van der Waals surface area contributed by atoms with E-state index in [1.165, 1.54) is 24.2 Å². The lowest BCUT2D eigenvalue weighted by Crippen LogP contribution is -2.34. The standard InChI is InChI=1S/C15H19N3OS/c1-2-10(8-9-5-6-9)18-15(19)14-12(16)13-11(20-14)4-3-7-17-13/h3-4,7,9-10H,2,5-6,8,16H2,1H3,(H,18,19). The van der Waals surface area contributed by atoms with E-state index >= 15 is 0 Å². The van der Waals surface area contributed by atoms with E-state index in [-0.39, 0.29) is 11.9 Å². The van der Waals surface area contributed by atoms with Crippen molar-refractivity contribution in [1.82, 2.24) is 10.3 Å². The van der Waals surface area contributed by atoms with Crippen molar-refractivity contribution in [2.45, 2.75) is 38.6 Å². The zero-order chi connectivity index (χ0) is 14.1. The van der Waals surface area contributed by atoms with E-state index in [0.29, 0.717) is 10.6 Å². The number of nitrogens with one attached hydrogen (secondary N) is 1. The second-order valence-corrected chi connectivity index (χ2v) is 6.50. The molecular formula is C15H19N3OS. The first kappa shape index (κ1) is 13.4. The Bertz CT molecular complexity index is 633. The number of carbonyl (C=O) groups is 1. The van der Waals surface area contributed by atoms with Gasteiger partial charge in [-0.1, -0.05) is 19.8 Å². The van der Waals surface area contributed by atoms with Crippen molar-refractivity contribution in [3.05, 3.63) is 23.2 Å². The van der Waals surface area contributed by atoms with Gasteiger partial charge in [0.25, 0.3) is 5.91 Å². The van der Waals surface area contributed by atoms with Crippen LogP contribution in [0.3, 0.4) is 0 Å². The number of rotatable bonds is 5. The van der Waals surface area contributed by atoms with Gasteiger partial charge >= 0.3 is 0 Å². The van der Waals surface area contributed by atoms with Gasteiger partial charge in [0.1, 0.15) is 10.4 Å². The molecule has 1 fully saturated rings. The molecule has 0 spiro atoms. The Hall–Kier alpha value is -1.62. The second-order valence-electron chi connectivity index (χ2n) is 5.45. The van der Waals surface area contributed by atoms with Crippen molar-refractivity contribution in [1.29, 1.82) is 0 Å². The molecule has 5 heteroatoms. The average Bonchev–Trinajstić information content (AvgIpc) is 3.21. The minimum absolute atomic E-state index is 0.0574. The summed E-state index contributed by atoms with van der Waals surface area (Å²) in [6, 6.07) is 4.07. The Morgan fingerprint density at radius 1 is 1.60 bits per heavy atom. The maximum Gasteiger partial charge on any atom is 0.263 e. The molecule has 4 nitrogen and oxygen atoms in total. The summed E-state index contributed by atoms with van der Waals surface area (Å²) >= 11 is 1.42. The fourth-order valence-electron chi connectivity index (χ4n) is 2.45. The van der Waals surface area contributed by atoms with Crippen LogP contribution >= 0.6 is 11.3 Å². The number of hydrogen-bond acceptors (Lipinski definition) is 4. The lowest BCUT2D eigenvalue weighted by Gasteiger charge is -2.16. The Kier molecular flexibility index (Phi) is 3.61. The van der Waals surface area contributed by atoms with Crippen molar-refractivity contribution >= 4 is 33.1 Å². The van der Waals surface area contributed by atoms with Crippen LogP contribution in [0.5, 0.6) is 0 Å². The molecule has 0 saturated heterocycles. The van der Waals surface area contributed by atoms with Crippen LogP contribution in [-0.2, 0) is 0 Å². The molecule has 0 bridgehead atoms. The van der Waals surface area contributed by atoms with Crippen LogP contribution in [0.15, 0.2) is 18.3 Å². The van der Waals surface area contributed by atoms with Crippen LogP contribution in [0.1, 0.15) is 42.3 Å². The summed E-state index contributed by atoms with van der Waals surface area (Å²) in [6.45, 7) is 2.11. The number of thiophene rings is 1. The van der Waals surface area contributed by atoms with Crippen LogP contribution in [-0.4, -0.2) is 16.9 Å². The Morgan fingerprint density at radius 3 is 3.05 bits per heavy atom. The highest BCUT2D eigenvalue weighted by molar-refractivity contribution is 7.21. The number of nitrogens with two attached hydrogens (primary N) is 1. The molecule has 0 aliphatic heterocycles. The van der Waals surface area contributed by atoms with Crippen molar-refractivity contribution < 1.29 is 4.79 Å². The van der Waals surface area contributed by atoms with Crippen molar-refractivity contribution in [3.63, 3.8) is 0 Å². The van der Waals surface area contributed by atoms with Crippen LogP contribution in [0.4, 0.5) is 5.69 Å². The average molecular weight is 289 g/mol. The van der Waals surface area contributed by atoms with Crippen LogP contribution in [0.2, 0.25) is 0 Å². The molecule has 1 amide bonds. The first-order valence-corrected chi connectivity index (χ1v) is 7.94. The van der Waals surface area contributed by atoms with E-state index in [1.54, 1.807) is 6.20 Å². The Labute approximate surface area is 122 Å². The van der Waals surface area contributed by atoms with Gasteiger partial charge in [0, 0.05) is 12.2 Å². The predicted molar refractivity (Wildman–Crippen MR) is 82.9 cm³/mol. The molecule has 1 unspecified atom stereocenters. The number of amides is 1. The molecule has 20 heavy (non-hydrogen) atoms. The summed E-state index contributed by atoms with van der Waals surface area (Å²) in [6.07, 6.45) is 6.37. The number of pyridine rings is 1. The van der Waals surface area contributed by atoms with E-state index in [0.717, 1.165) is 29.0 Å². The third kappa shape index (κ3) is 2.63. The zero-order valence-electron chi connectivity index (χ0n) is 11.6. The van der Waals surface area contributed by atoms with E-state index in [2.05, 4.69) is 17.2 Å². The molecule has 2 aromatic heterocycles. The first-order valence-electron chi connectivity index (χ1n) is 7.13. The zero-order valence-corrected chi connectivity index (χ0v) is 12.4. The summed E-state index contributed by atoms with van der Waals surface area (Å²) in [5, 5.41) is 3.12. The highest BCUT2D eigenvalue weighted by Crippen LogP contribution is 2.35. The van der Waals surface area contributed by atoms with Gasteiger partial charge in [0.05, 0.1) is 10.4 Å². The number of carbonyl (C=O) groups excluding carboxylic acids is 1. The maximum atomic E-state index is 12.4. The van der Waals surface area contributed by atoms with E-state index in [4.69, 9.17) is 5.73 Å². The number of anilines is 1. The first-order chi connectivity index (χ1) is 9.69.